The number of halogens is 2. The highest BCUT2D eigenvalue weighted by atomic mass is 35.5. The molecule has 19 heavy (non-hydrogen) atoms. The van der Waals surface area contributed by atoms with Crippen LogP contribution in [0.25, 0.3) is 0 Å². The maximum absolute atomic E-state index is 6.11. The first kappa shape index (κ1) is 14.2. The summed E-state index contributed by atoms with van der Waals surface area (Å²) >= 11 is 12.1. The van der Waals surface area contributed by atoms with Crippen molar-refractivity contribution in [3.63, 3.8) is 0 Å². The molecular formula is C15H15Cl2NO. The summed E-state index contributed by atoms with van der Waals surface area (Å²) in [5.74, 6) is 0.861. The third-order valence-electron chi connectivity index (χ3n) is 2.79. The van der Waals surface area contributed by atoms with Crippen molar-refractivity contribution in [2.75, 3.05) is 7.11 Å². The first-order chi connectivity index (χ1) is 9.19. The van der Waals surface area contributed by atoms with Crippen LogP contribution >= 0.6 is 23.2 Å². The second-order valence-electron chi connectivity index (χ2n) is 4.19. The lowest BCUT2D eigenvalue weighted by Crippen LogP contribution is -2.13. The summed E-state index contributed by atoms with van der Waals surface area (Å²) in [7, 11) is 1.66. The Morgan fingerprint density at radius 1 is 1.05 bits per heavy atom. The standard InChI is InChI=1S/C15H15Cl2NO/c1-19-14-4-2-3-11(7-14)9-18-10-12-8-13(16)5-6-15(12)17/h2-8,18H,9-10H2,1H3. The van der Waals surface area contributed by atoms with E-state index in [2.05, 4.69) is 11.4 Å². The quantitative estimate of drug-likeness (QED) is 0.888. The molecule has 2 nitrogen and oxygen atoms in total. The van der Waals surface area contributed by atoms with Crippen LogP contribution in [-0.4, -0.2) is 7.11 Å². The maximum atomic E-state index is 6.11. The average molecular weight is 296 g/mol. The molecule has 0 amide bonds. The molecule has 0 spiro atoms. The maximum Gasteiger partial charge on any atom is 0.119 e. The van der Waals surface area contributed by atoms with Crippen molar-refractivity contribution in [2.45, 2.75) is 13.1 Å². The predicted octanol–water partition coefficient (Wildman–Crippen LogP) is 4.29. The minimum Gasteiger partial charge on any atom is -0.497 e. The Bertz CT molecular complexity index is 558. The summed E-state index contributed by atoms with van der Waals surface area (Å²) < 4.78 is 5.19. The van der Waals surface area contributed by atoms with E-state index in [1.807, 2.05) is 30.3 Å². The second kappa shape index (κ2) is 6.80. The minimum absolute atomic E-state index is 0.677. The molecule has 0 aromatic heterocycles. The summed E-state index contributed by atoms with van der Waals surface area (Å²) in [5, 5.41) is 4.76. The lowest BCUT2D eigenvalue weighted by atomic mass is 10.2. The summed E-state index contributed by atoms with van der Waals surface area (Å²) in [6.07, 6.45) is 0. The van der Waals surface area contributed by atoms with Gasteiger partial charge in [-0.05, 0) is 41.5 Å². The van der Waals surface area contributed by atoms with Gasteiger partial charge in [0.25, 0.3) is 0 Å². The van der Waals surface area contributed by atoms with Crippen molar-refractivity contribution in [2.24, 2.45) is 0 Å². The fraction of sp³-hybridized carbons (Fsp3) is 0.200. The second-order valence-corrected chi connectivity index (χ2v) is 5.03. The van der Waals surface area contributed by atoms with E-state index in [0.717, 1.165) is 28.4 Å². The van der Waals surface area contributed by atoms with Crippen LogP contribution in [0.3, 0.4) is 0 Å². The molecule has 0 saturated carbocycles. The molecule has 2 rings (SSSR count). The Morgan fingerprint density at radius 3 is 2.68 bits per heavy atom. The van der Waals surface area contributed by atoms with Crippen LogP contribution < -0.4 is 10.1 Å². The molecule has 0 heterocycles. The third kappa shape index (κ3) is 4.13. The van der Waals surface area contributed by atoms with Crippen molar-refractivity contribution < 1.29 is 4.74 Å². The molecule has 0 saturated heterocycles. The van der Waals surface area contributed by atoms with E-state index in [1.54, 1.807) is 13.2 Å². The zero-order chi connectivity index (χ0) is 13.7. The molecule has 0 aliphatic rings. The molecule has 2 aromatic rings. The van der Waals surface area contributed by atoms with E-state index >= 15 is 0 Å². The van der Waals surface area contributed by atoms with Gasteiger partial charge in [0.1, 0.15) is 5.75 Å². The molecule has 0 fully saturated rings. The number of methoxy groups -OCH3 is 1. The highest BCUT2D eigenvalue weighted by Crippen LogP contribution is 2.20. The highest BCUT2D eigenvalue weighted by Gasteiger charge is 2.01. The van der Waals surface area contributed by atoms with Crippen LogP contribution in [-0.2, 0) is 13.1 Å². The summed E-state index contributed by atoms with van der Waals surface area (Å²) in [5.41, 5.74) is 2.16. The molecule has 100 valence electrons. The van der Waals surface area contributed by atoms with E-state index < -0.39 is 0 Å². The van der Waals surface area contributed by atoms with Crippen LogP contribution in [0.1, 0.15) is 11.1 Å². The minimum atomic E-state index is 0.677. The zero-order valence-corrected chi connectivity index (χ0v) is 12.1. The first-order valence-corrected chi connectivity index (χ1v) is 6.72. The monoisotopic (exact) mass is 295 g/mol. The van der Waals surface area contributed by atoms with Gasteiger partial charge in [0, 0.05) is 23.1 Å². The van der Waals surface area contributed by atoms with E-state index in [4.69, 9.17) is 27.9 Å². The number of benzene rings is 2. The van der Waals surface area contributed by atoms with Gasteiger partial charge in [-0.3, -0.25) is 0 Å². The van der Waals surface area contributed by atoms with E-state index in [-0.39, 0.29) is 0 Å². The van der Waals surface area contributed by atoms with Crippen LogP contribution in [0.4, 0.5) is 0 Å². The Morgan fingerprint density at radius 2 is 1.89 bits per heavy atom. The smallest absolute Gasteiger partial charge is 0.119 e. The van der Waals surface area contributed by atoms with Crippen LogP contribution in [0.2, 0.25) is 10.0 Å². The summed E-state index contributed by atoms with van der Waals surface area (Å²) in [4.78, 5) is 0. The molecule has 0 atom stereocenters. The Labute approximate surface area is 123 Å². The largest absolute Gasteiger partial charge is 0.497 e. The van der Waals surface area contributed by atoms with E-state index in [1.165, 1.54) is 0 Å². The topological polar surface area (TPSA) is 21.3 Å². The predicted molar refractivity (Wildman–Crippen MR) is 80.0 cm³/mol. The zero-order valence-electron chi connectivity index (χ0n) is 10.6. The number of nitrogens with one attached hydrogen (secondary N) is 1. The SMILES string of the molecule is COc1cccc(CNCc2cc(Cl)ccc2Cl)c1. The fourth-order valence-electron chi connectivity index (χ4n) is 1.80. The Hall–Kier alpha value is -1.22. The average Bonchev–Trinajstić information content (AvgIpc) is 2.43. The lowest BCUT2D eigenvalue weighted by Gasteiger charge is -2.08. The number of ether oxygens (including phenoxy) is 1. The van der Waals surface area contributed by atoms with Gasteiger partial charge in [-0.25, -0.2) is 0 Å². The molecule has 4 heteroatoms. The van der Waals surface area contributed by atoms with Crippen molar-refractivity contribution in [3.8, 4) is 5.75 Å². The van der Waals surface area contributed by atoms with Crippen molar-refractivity contribution in [1.82, 2.24) is 5.32 Å². The van der Waals surface area contributed by atoms with Gasteiger partial charge in [0.05, 0.1) is 7.11 Å². The Kier molecular flexibility index (Phi) is 5.08. The van der Waals surface area contributed by atoms with Gasteiger partial charge in [0.15, 0.2) is 0 Å². The van der Waals surface area contributed by atoms with Gasteiger partial charge in [0.2, 0.25) is 0 Å². The van der Waals surface area contributed by atoms with E-state index in [0.29, 0.717) is 11.6 Å². The van der Waals surface area contributed by atoms with Crippen LogP contribution in [0.15, 0.2) is 42.5 Å². The molecule has 0 radical (unpaired) electrons. The van der Waals surface area contributed by atoms with Gasteiger partial charge in [-0.1, -0.05) is 35.3 Å². The summed E-state index contributed by atoms with van der Waals surface area (Å²) in [6, 6.07) is 13.4. The van der Waals surface area contributed by atoms with Crippen LogP contribution in [0.5, 0.6) is 5.75 Å². The summed E-state index contributed by atoms with van der Waals surface area (Å²) in [6.45, 7) is 1.43. The molecule has 2 aromatic carbocycles. The molecule has 0 aliphatic heterocycles. The van der Waals surface area contributed by atoms with Gasteiger partial charge in [-0.2, -0.15) is 0 Å². The van der Waals surface area contributed by atoms with Gasteiger partial charge >= 0.3 is 0 Å². The molecule has 0 aliphatic carbocycles. The molecule has 0 unspecified atom stereocenters. The van der Waals surface area contributed by atoms with Crippen LogP contribution in [0, 0.1) is 0 Å². The number of hydrogen-bond acceptors (Lipinski definition) is 2. The van der Waals surface area contributed by atoms with Crippen molar-refractivity contribution in [3.05, 3.63) is 63.6 Å². The van der Waals surface area contributed by atoms with Gasteiger partial charge in [-0.15, -0.1) is 0 Å². The van der Waals surface area contributed by atoms with Crippen molar-refractivity contribution >= 4 is 23.2 Å². The first-order valence-electron chi connectivity index (χ1n) is 5.96. The lowest BCUT2D eigenvalue weighted by molar-refractivity contribution is 0.414. The molecule has 0 bridgehead atoms. The number of hydrogen-bond donors (Lipinski definition) is 1. The van der Waals surface area contributed by atoms with Crippen molar-refractivity contribution in [1.29, 1.82) is 0 Å². The van der Waals surface area contributed by atoms with E-state index in [9.17, 15) is 0 Å². The third-order valence-corrected chi connectivity index (χ3v) is 3.39. The number of rotatable bonds is 5. The Balaban J connectivity index is 1.94. The molecule has 1 N–H and O–H groups in total. The normalized spacial score (nSPS) is 10.5. The highest BCUT2D eigenvalue weighted by molar-refractivity contribution is 6.33. The van der Waals surface area contributed by atoms with Gasteiger partial charge < -0.3 is 10.1 Å². The molecular weight excluding hydrogens is 281 g/mol. The fourth-order valence-corrected chi connectivity index (χ4v) is 2.18.